The van der Waals surface area contributed by atoms with Gasteiger partial charge in [-0.1, -0.05) is 61.4 Å². The van der Waals surface area contributed by atoms with Crippen molar-refractivity contribution in [1.29, 1.82) is 0 Å². The number of carbonyl (C=O) groups excluding carboxylic acids is 5. The molecule has 8 aromatic carbocycles. The maximum Gasteiger partial charge on any atom is 0.338 e. The molecule has 8 rings (SSSR count). The number of anilines is 2. The lowest BCUT2D eigenvalue weighted by Crippen LogP contribution is -2.09. The summed E-state index contributed by atoms with van der Waals surface area (Å²) in [6, 6.07) is 49.5. The van der Waals surface area contributed by atoms with Crippen LogP contribution in [0.4, 0.5) is 11.4 Å². The minimum atomic E-state index is -1.09. The number of unbranched alkanes of at least 4 members (excludes halogenated alkanes) is 15. The molecule has 8 aromatic rings. The van der Waals surface area contributed by atoms with Gasteiger partial charge in [0.1, 0.15) is 70.7 Å². The van der Waals surface area contributed by atoms with Crippen LogP contribution in [0.1, 0.15) is 188 Å². The third-order valence-corrected chi connectivity index (χ3v) is 19.2. The van der Waals surface area contributed by atoms with E-state index in [0.717, 1.165) is 166 Å². The minimum absolute atomic E-state index is 0.0613. The standard InChI is InChI=1S/C98H116N2O22/c1-108-93(101)46-34-72-26-38-80(39-27-72)112-50-16-7-11-20-54-116-84-59-76(60-85(67-84)117-55-21-12-8-17-51-113-81-40-28-73(29-41-81)35-47-94(102)109-2)70-121-88-63-78(98(107)120-58-24-6-5-15-25-90-91(97(105)106)65-79(99)66-92(90)100)64-89(69-88)122-71-77-61-86(118-56-22-13-9-18-52-114-82-42-30-74(31-43-82)36-48-95(103)110-3)68-87(62-77)119-57-23-14-10-19-53-115-83-44-32-75(33-45-83)37-49-96(104)111-4/h26-49,59-69H,5-25,50-58,70-71,99-100H2,1-4H3,(H,105,106). The first kappa shape index (κ1) is 94.6. The predicted octanol–water partition coefficient (Wildman–Crippen LogP) is 19.5. The molecule has 0 atom stereocenters. The number of nitrogens with two attached hydrogens (primary N) is 2. The summed E-state index contributed by atoms with van der Waals surface area (Å²) in [5.74, 6) is 2.73. The van der Waals surface area contributed by atoms with E-state index < -0.39 is 35.8 Å². The van der Waals surface area contributed by atoms with Crippen LogP contribution in [-0.2, 0) is 62.5 Å². The van der Waals surface area contributed by atoms with Crippen molar-refractivity contribution in [2.45, 2.75) is 148 Å². The molecule has 0 aliphatic heterocycles. The molecule has 0 aliphatic rings. The number of carboxylic acids is 1. The lowest BCUT2D eigenvalue weighted by molar-refractivity contribution is -0.135. The van der Waals surface area contributed by atoms with Crippen LogP contribution >= 0.6 is 0 Å². The van der Waals surface area contributed by atoms with Crippen LogP contribution in [0.25, 0.3) is 24.3 Å². The molecule has 0 bridgehead atoms. The van der Waals surface area contributed by atoms with Gasteiger partial charge in [0.25, 0.3) is 0 Å². The van der Waals surface area contributed by atoms with Crippen LogP contribution in [-0.4, -0.2) is 129 Å². The van der Waals surface area contributed by atoms with Gasteiger partial charge in [-0.2, -0.15) is 0 Å². The SMILES string of the molecule is COC(=O)C=Cc1ccc(OCCCCCCOc2cc(COc3cc(OCc4cc(OCCCCCCOc5ccc(C=CC(=O)OC)cc5)cc(OCCCCCCOc5ccc(C=CC(=O)OC)cc5)c4)cc(C(=O)OCCCCCCc4c(N)cc(N)cc4C(=O)O)c3)cc(OCCCCCCOc3ccc(C=CC(=O)OC)cc3)c2)cc1. The van der Waals surface area contributed by atoms with Crippen molar-refractivity contribution >= 4 is 71.5 Å². The van der Waals surface area contributed by atoms with Gasteiger partial charge < -0.3 is 87.6 Å². The number of aromatic carboxylic acids is 1. The van der Waals surface area contributed by atoms with Gasteiger partial charge in [-0.3, -0.25) is 0 Å². The number of rotatable bonds is 59. The van der Waals surface area contributed by atoms with Crippen LogP contribution in [0.5, 0.6) is 57.5 Å². The van der Waals surface area contributed by atoms with Gasteiger partial charge in [0.05, 0.1) is 99.0 Å². The maximum atomic E-state index is 14.2. The zero-order chi connectivity index (χ0) is 86.6. The van der Waals surface area contributed by atoms with Crippen molar-refractivity contribution in [2.75, 3.05) is 99.4 Å². The summed E-state index contributed by atoms with van der Waals surface area (Å²) < 4.78 is 87.6. The Kier molecular flexibility index (Phi) is 42.7. The summed E-state index contributed by atoms with van der Waals surface area (Å²) in [7, 11) is 5.36. The Hall–Kier alpha value is -12.9. The fourth-order valence-corrected chi connectivity index (χ4v) is 12.5. The molecule has 650 valence electrons. The first-order chi connectivity index (χ1) is 59.5. The van der Waals surface area contributed by atoms with Gasteiger partial charge in [0.2, 0.25) is 0 Å². The molecule has 0 aromatic heterocycles. The molecule has 24 nitrogen and oxygen atoms in total. The Labute approximate surface area is 715 Å². The first-order valence-corrected chi connectivity index (χ1v) is 41.7. The van der Waals surface area contributed by atoms with Crippen LogP contribution in [0.3, 0.4) is 0 Å². The van der Waals surface area contributed by atoms with E-state index in [-0.39, 0.29) is 36.6 Å². The normalized spacial score (nSPS) is 11.2. The lowest BCUT2D eigenvalue weighted by atomic mass is 9.98. The van der Waals surface area contributed by atoms with Crippen LogP contribution in [0, 0.1) is 0 Å². The third-order valence-electron chi connectivity index (χ3n) is 19.2. The Morgan fingerprint density at radius 2 is 0.557 bits per heavy atom. The quantitative estimate of drug-likeness (QED) is 0.0105. The summed E-state index contributed by atoms with van der Waals surface area (Å²) in [5, 5.41) is 9.84. The number of methoxy groups -OCH3 is 4. The van der Waals surface area contributed by atoms with E-state index in [1.807, 2.05) is 133 Å². The van der Waals surface area contributed by atoms with E-state index in [2.05, 4.69) is 0 Å². The topological polar surface area (TPSA) is 313 Å². The van der Waals surface area contributed by atoms with E-state index in [9.17, 15) is 33.9 Å². The van der Waals surface area contributed by atoms with Crippen molar-refractivity contribution in [3.63, 3.8) is 0 Å². The molecule has 0 fully saturated rings. The molecule has 0 saturated heterocycles. The summed E-state index contributed by atoms with van der Waals surface area (Å²) in [5.41, 5.74) is 18.5. The number of hydrogen-bond donors (Lipinski definition) is 3. The number of benzene rings is 8. The smallest absolute Gasteiger partial charge is 0.338 e. The molecule has 122 heavy (non-hydrogen) atoms. The Morgan fingerprint density at radius 1 is 0.295 bits per heavy atom. The van der Waals surface area contributed by atoms with E-state index in [1.165, 1.54) is 58.8 Å². The molecule has 0 radical (unpaired) electrons. The average Bonchev–Trinajstić information content (AvgIpc) is 0.801. The second-order valence-electron chi connectivity index (χ2n) is 28.8. The molecular formula is C98H116N2O22. The zero-order valence-electron chi connectivity index (χ0n) is 70.5. The molecule has 0 aliphatic carbocycles. The number of esters is 5. The Bertz CT molecular complexity index is 4190. The average molecular weight is 1670 g/mol. The van der Waals surface area contributed by atoms with Crippen molar-refractivity contribution in [1.82, 2.24) is 0 Å². The summed E-state index contributed by atoms with van der Waals surface area (Å²) in [6.45, 7) is 4.27. The molecule has 0 spiro atoms. The van der Waals surface area contributed by atoms with Crippen molar-refractivity contribution in [3.8, 4) is 57.5 Å². The highest BCUT2D eigenvalue weighted by molar-refractivity contribution is 5.93. The Balaban J connectivity index is 0.925. The second kappa shape index (κ2) is 55.1. The highest BCUT2D eigenvalue weighted by Crippen LogP contribution is 2.32. The van der Waals surface area contributed by atoms with Gasteiger partial charge in [0.15, 0.2) is 0 Å². The van der Waals surface area contributed by atoms with Gasteiger partial charge in [-0.25, -0.2) is 28.8 Å². The molecule has 0 unspecified atom stereocenters. The molecule has 5 N–H and O–H groups in total. The highest BCUT2D eigenvalue weighted by Gasteiger charge is 2.18. The molecule has 0 saturated carbocycles. The molecule has 24 heteroatoms. The van der Waals surface area contributed by atoms with Crippen LogP contribution in [0.15, 0.2) is 188 Å². The summed E-state index contributed by atoms with van der Waals surface area (Å²) in [6.07, 6.45) is 29.3. The largest absolute Gasteiger partial charge is 0.494 e. The van der Waals surface area contributed by atoms with E-state index >= 15 is 0 Å². The zero-order valence-corrected chi connectivity index (χ0v) is 70.5. The van der Waals surface area contributed by atoms with Gasteiger partial charge in [0, 0.05) is 53.9 Å². The fourth-order valence-electron chi connectivity index (χ4n) is 12.5. The van der Waals surface area contributed by atoms with Gasteiger partial charge in [-0.05, 0) is 282 Å². The molecule has 0 amide bonds. The summed E-state index contributed by atoms with van der Waals surface area (Å²) >= 11 is 0. The number of carboxylic acid groups (broad SMARTS) is 1. The molecule has 0 heterocycles. The van der Waals surface area contributed by atoms with Crippen LogP contribution in [0.2, 0.25) is 0 Å². The van der Waals surface area contributed by atoms with Crippen LogP contribution < -0.4 is 58.8 Å². The monoisotopic (exact) mass is 1670 g/mol. The predicted molar refractivity (Wildman–Crippen MR) is 470 cm³/mol. The maximum absolute atomic E-state index is 14.2. The summed E-state index contributed by atoms with van der Waals surface area (Å²) in [4.78, 5) is 72.4. The third kappa shape index (κ3) is 37.6. The number of nitrogen functional groups attached to an aromatic ring is 2. The van der Waals surface area contributed by atoms with E-state index in [1.54, 1.807) is 48.6 Å². The molecular weight excluding hydrogens is 1560 g/mol. The fraction of sp³-hybridized carbons (Fsp3) is 0.367. The second-order valence-corrected chi connectivity index (χ2v) is 28.8. The minimum Gasteiger partial charge on any atom is -0.494 e. The van der Waals surface area contributed by atoms with Gasteiger partial charge >= 0.3 is 35.8 Å². The van der Waals surface area contributed by atoms with E-state index in [0.29, 0.717) is 124 Å². The van der Waals surface area contributed by atoms with E-state index in [4.69, 9.17) is 82.5 Å². The van der Waals surface area contributed by atoms with Gasteiger partial charge in [-0.15, -0.1) is 0 Å². The van der Waals surface area contributed by atoms with Crippen molar-refractivity contribution in [3.05, 3.63) is 238 Å². The highest BCUT2D eigenvalue weighted by atomic mass is 16.5. The first-order valence-electron chi connectivity index (χ1n) is 41.7. The number of hydrogen-bond acceptors (Lipinski definition) is 23. The lowest BCUT2D eigenvalue weighted by Gasteiger charge is -2.16. The van der Waals surface area contributed by atoms with Crippen molar-refractivity contribution in [2.24, 2.45) is 0 Å². The van der Waals surface area contributed by atoms with Crippen molar-refractivity contribution < 1.29 is 105 Å². The number of carbonyl (C=O) groups is 6. The Morgan fingerprint density at radius 3 is 0.836 bits per heavy atom. The number of ether oxygens (including phenoxy) is 15.